The van der Waals surface area contributed by atoms with E-state index in [4.69, 9.17) is 4.74 Å². The summed E-state index contributed by atoms with van der Waals surface area (Å²) in [5, 5.41) is 1.03. The Morgan fingerprint density at radius 1 is 1.37 bits per heavy atom. The summed E-state index contributed by atoms with van der Waals surface area (Å²) in [5.74, 6) is -0.610. The van der Waals surface area contributed by atoms with Crippen molar-refractivity contribution in [2.24, 2.45) is 0 Å². The molecular formula is C19H23N5O3. The first-order chi connectivity index (χ1) is 13.1. The highest BCUT2D eigenvalue weighted by Crippen LogP contribution is 2.36. The zero-order chi connectivity index (χ0) is 18.9. The molecule has 4 rings (SSSR count). The van der Waals surface area contributed by atoms with Gasteiger partial charge < -0.3 is 14.6 Å². The Bertz CT molecular complexity index is 892. The van der Waals surface area contributed by atoms with Crippen molar-refractivity contribution in [2.75, 3.05) is 19.7 Å². The molecular weight excluding hydrogens is 346 g/mol. The third kappa shape index (κ3) is 3.44. The maximum atomic E-state index is 12.6. The number of nitrogens with zero attached hydrogens (tertiary/aromatic N) is 4. The predicted octanol–water partition coefficient (Wildman–Crippen LogP) is 1.60. The number of amides is 1. The van der Waals surface area contributed by atoms with Crippen LogP contribution in [0, 0.1) is 0 Å². The van der Waals surface area contributed by atoms with Gasteiger partial charge in [0.25, 0.3) is 5.91 Å². The van der Waals surface area contributed by atoms with Gasteiger partial charge in [-0.3, -0.25) is 14.5 Å². The number of nitrogens with one attached hydrogen (secondary N) is 1. The van der Waals surface area contributed by atoms with Crippen molar-refractivity contribution in [3.05, 3.63) is 36.6 Å². The summed E-state index contributed by atoms with van der Waals surface area (Å²) < 4.78 is 4.91. The van der Waals surface area contributed by atoms with Crippen molar-refractivity contribution in [3.63, 3.8) is 0 Å². The quantitative estimate of drug-likeness (QED) is 0.823. The molecule has 0 radical (unpaired) electrons. The van der Waals surface area contributed by atoms with E-state index in [2.05, 4.69) is 19.9 Å². The standard InChI is InChI=1S/C19H23N5O3/c1-14(25)27-11-17(26)24-9-3-6-19(24)5-2-8-23(12-19)10-16-15-4-7-20-18(15)22-13-21-16/h3-4,7,9,13H,2,5-6,8,10-12H2,1H3,(H,20,21,22). The van der Waals surface area contributed by atoms with Crippen LogP contribution in [0.4, 0.5) is 0 Å². The number of carbonyl (C=O) groups excluding carboxylic acids is 2. The highest BCUT2D eigenvalue weighted by Gasteiger charge is 2.44. The number of hydrogen-bond acceptors (Lipinski definition) is 6. The van der Waals surface area contributed by atoms with Crippen molar-refractivity contribution < 1.29 is 14.3 Å². The van der Waals surface area contributed by atoms with Crippen LogP contribution in [-0.4, -0.2) is 61.9 Å². The molecule has 0 aromatic carbocycles. The van der Waals surface area contributed by atoms with Crippen molar-refractivity contribution in [1.29, 1.82) is 0 Å². The van der Waals surface area contributed by atoms with Gasteiger partial charge >= 0.3 is 5.97 Å². The van der Waals surface area contributed by atoms with Gasteiger partial charge in [-0.15, -0.1) is 0 Å². The Morgan fingerprint density at radius 2 is 2.26 bits per heavy atom. The van der Waals surface area contributed by atoms with Crippen LogP contribution in [0.1, 0.15) is 31.9 Å². The first-order valence-corrected chi connectivity index (χ1v) is 9.19. The van der Waals surface area contributed by atoms with Crippen LogP contribution in [0.15, 0.2) is 30.9 Å². The van der Waals surface area contributed by atoms with E-state index >= 15 is 0 Å². The molecule has 1 amide bonds. The number of hydrogen-bond donors (Lipinski definition) is 1. The fourth-order valence-corrected chi connectivity index (χ4v) is 4.18. The minimum absolute atomic E-state index is 0.170. The Morgan fingerprint density at radius 3 is 3.11 bits per heavy atom. The molecule has 0 aliphatic carbocycles. The fraction of sp³-hybridized carbons (Fsp3) is 0.474. The van der Waals surface area contributed by atoms with Crippen LogP contribution in [0.2, 0.25) is 0 Å². The normalized spacial score (nSPS) is 22.6. The molecule has 8 heteroatoms. The van der Waals surface area contributed by atoms with Crippen LogP contribution in [0.3, 0.4) is 0 Å². The Hall–Kier alpha value is -2.74. The molecule has 1 spiro atoms. The summed E-state index contributed by atoms with van der Waals surface area (Å²) in [6.07, 6.45) is 10.1. The molecule has 1 saturated heterocycles. The van der Waals surface area contributed by atoms with E-state index in [0.717, 1.165) is 49.1 Å². The van der Waals surface area contributed by atoms with Crippen molar-refractivity contribution in [1.82, 2.24) is 24.8 Å². The van der Waals surface area contributed by atoms with Crippen LogP contribution in [0.25, 0.3) is 11.0 Å². The van der Waals surface area contributed by atoms with Gasteiger partial charge in [-0.1, -0.05) is 6.08 Å². The zero-order valence-electron chi connectivity index (χ0n) is 15.4. The first kappa shape index (κ1) is 17.7. The smallest absolute Gasteiger partial charge is 0.303 e. The second-order valence-corrected chi connectivity index (χ2v) is 7.23. The molecule has 27 heavy (non-hydrogen) atoms. The molecule has 0 saturated carbocycles. The van der Waals surface area contributed by atoms with Crippen LogP contribution < -0.4 is 0 Å². The van der Waals surface area contributed by atoms with Gasteiger partial charge in [-0.2, -0.15) is 0 Å². The molecule has 1 unspecified atom stereocenters. The van der Waals surface area contributed by atoms with Gasteiger partial charge in [0, 0.05) is 37.8 Å². The fourth-order valence-electron chi connectivity index (χ4n) is 4.18. The second-order valence-electron chi connectivity index (χ2n) is 7.23. The van der Waals surface area contributed by atoms with Crippen LogP contribution in [0.5, 0.6) is 0 Å². The second kappa shape index (κ2) is 7.11. The number of aromatic amines is 1. The Labute approximate surface area is 157 Å². The molecule has 2 aliphatic rings. The molecule has 1 fully saturated rings. The highest BCUT2D eigenvalue weighted by atomic mass is 16.5. The van der Waals surface area contributed by atoms with Crippen LogP contribution >= 0.6 is 0 Å². The summed E-state index contributed by atoms with van der Waals surface area (Å²) in [5.41, 5.74) is 1.56. The molecule has 0 bridgehead atoms. The van der Waals surface area contributed by atoms with Gasteiger partial charge in [0.2, 0.25) is 0 Å². The molecule has 142 valence electrons. The first-order valence-electron chi connectivity index (χ1n) is 9.19. The third-order valence-electron chi connectivity index (χ3n) is 5.38. The average Bonchev–Trinajstić information content (AvgIpc) is 3.28. The molecule has 1 N–H and O–H groups in total. The number of piperidine rings is 1. The van der Waals surface area contributed by atoms with Gasteiger partial charge in [-0.05, 0) is 31.9 Å². The number of ether oxygens (including phenoxy) is 1. The number of H-pyrrole nitrogens is 1. The van der Waals surface area contributed by atoms with E-state index in [9.17, 15) is 9.59 Å². The summed E-state index contributed by atoms with van der Waals surface area (Å²) in [6.45, 7) is 3.54. The third-order valence-corrected chi connectivity index (χ3v) is 5.38. The van der Waals surface area contributed by atoms with E-state index in [-0.39, 0.29) is 18.1 Å². The Balaban J connectivity index is 1.49. The molecule has 4 heterocycles. The van der Waals surface area contributed by atoms with Crippen molar-refractivity contribution in [2.45, 2.75) is 38.3 Å². The van der Waals surface area contributed by atoms with Gasteiger partial charge in [-0.25, -0.2) is 9.97 Å². The summed E-state index contributed by atoms with van der Waals surface area (Å²) in [4.78, 5) is 39.6. The monoisotopic (exact) mass is 369 g/mol. The van der Waals surface area contributed by atoms with Gasteiger partial charge in [0.15, 0.2) is 6.61 Å². The van der Waals surface area contributed by atoms with E-state index in [1.807, 2.05) is 24.5 Å². The number of aromatic nitrogens is 3. The SMILES string of the molecule is CC(=O)OCC(=O)N1C=CCC12CCCN(Cc1ncnc3[nH]ccc13)C2. The Kier molecular flexibility index (Phi) is 4.65. The topological polar surface area (TPSA) is 91.4 Å². The van der Waals surface area contributed by atoms with Gasteiger partial charge in [0.05, 0.1) is 11.2 Å². The predicted molar refractivity (Wildman–Crippen MR) is 98.4 cm³/mol. The van der Waals surface area contributed by atoms with E-state index in [0.29, 0.717) is 6.54 Å². The van der Waals surface area contributed by atoms with Gasteiger partial charge in [0.1, 0.15) is 12.0 Å². The number of fused-ring (bicyclic) bond motifs is 1. The molecule has 2 aliphatic heterocycles. The van der Waals surface area contributed by atoms with Crippen LogP contribution in [-0.2, 0) is 20.9 Å². The minimum atomic E-state index is -0.440. The lowest BCUT2D eigenvalue weighted by molar-refractivity contribution is -0.152. The lowest BCUT2D eigenvalue weighted by Gasteiger charge is -2.45. The lowest BCUT2D eigenvalue weighted by atomic mass is 9.86. The maximum Gasteiger partial charge on any atom is 0.303 e. The van der Waals surface area contributed by atoms with Crippen molar-refractivity contribution >= 4 is 22.9 Å². The molecule has 8 nitrogen and oxygen atoms in total. The number of rotatable bonds is 4. The zero-order valence-corrected chi connectivity index (χ0v) is 15.4. The molecule has 1 atom stereocenters. The van der Waals surface area contributed by atoms with Crippen molar-refractivity contribution in [3.8, 4) is 0 Å². The van der Waals surface area contributed by atoms with E-state index in [1.54, 1.807) is 11.2 Å². The maximum absolute atomic E-state index is 12.6. The average molecular weight is 369 g/mol. The minimum Gasteiger partial charge on any atom is -0.456 e. The lowest BCUT2D eigenvalue weighted by Crippen LogP contribution is -2.57. The molecule has 2 aromatic rings. The summed E-state index contributed by atoms with van der Waals surface area (Å²) in [7, 11) is 0. The van der Waals surface area contributed by atoms with E-state index < -0.39 is 5.97 Å². The highest BCUT2D eigenvalue weighted by molar-refractivity contribution is 5.82. The largest absolute Gasteiger partial charge is 0.456 e. The number of esters is 1. The summed E-state index contributed by atoms with van der Waals surface area (Å²) in [6, 6.07) is 2.00. The summed E-state index contributed by atoms with van der Waals surface area (Å²) >= 11 is 0. The van der Waals surface area contributed by atoms with E-state index in [1.165, 1.54) is 6.92 Å². The number of likely N-dealkylation sites (tertiary alicyclic amines) is 1. The number of carbonyl (C=O) groups is 2. The molecule has 2 aromatic heterocycles.